The Balaban J connectivity index is 2.43. The van der Waals surface area contributed by atoms with Crippen LogP contribution in [0.3, 0.4) is 0 Å². The third kappa shape index (κ3) is 3.54. The van der Waals surface area contributed by atoms with Crippen LogP contribution in [-0.2, 0) is 4.79 Å². The highest BCUT2D eigenvalue weighted by molar-refractivity contribution is 5.95. The average Bonchev–Trinajstić information content (AvgIpc) is 2.55. The van der Waals surface area contributed by atoms with Gasteiger partial charge in [0.05, 0.1) is 0 Å². The maximum absolute atomic E-state index is 11.5. The zero-order valence-corrected chi connectivity index (χ0v) is 12.2. The molecule has 1 aromatic heterocycles. The molecule has 0 unspecified atom stereocenters. The molecule has 0 fully saturated rings. The van der Waals surface area contributed by atoms with Gasteiger partial charge < -0.3 is 5.32 Å². The summed E-state index contributed by atoms with van der Waals surface area (Å²) < 4.78 is 1.52. The SMILES string of the molecule is C=Nn1cc(-c2cccc(C(C)=O)c2)cc/c1=N/CNC=O. The molecule has 22 heavy (non-hydrogen) atoms. The first-order valence-corrected chi connectivity index (χ1v) is 6.64. The molecule has 1 amide bonds. The lowest BCUT2D eigenvalue weighted by atomic mass is 10.0. The van der Waals surface area contributed by atoms with Gasteiger partial charge in [-0.3, -0.25) is 9.59 Å². The van der Waals surface area contributed by atoms with Crippen LogP contribution in [-0.4, -0.2) is 30.3 Å². The smallest absolute Gasteiger partial charge is 0.208 e. The van der Waals surface area contributed by atoms with Crippen LogP contribution in [0.15, 0.2) is 52.7 Å². The van der Waals surface area contributed by atoms with Crippen LogP contribution in [0.2, 0.25) is 0 Å². The molecule has 0 saturated carbocycles. The summed E-state index contributed by atoms with van der Waals surface area (Å²) in [6.07, 6.45) is 2.35. The van der Waals surface area contributed by atoms with Gasteiger partial charge in [-0.1, -0.05) is 18.2 Å². The second kappa shape index (κ2) is 7.12. The molecule has 0 saturated heterocycles. The summed E-state index contributed by atoms with van der Waals surface area (Å²) >= 11 is 0. The molecule has 2 rings (SSSR count). The molecular formula is C16H16N4O2. The number of amides is 1. The van der Waals surface area contributed by atoms with E-state index < -0.39 is 0 Å². The van der Waals surface area contributed by atoms with Crippen LogP contribution in [0.5, 0.6) is 0 Å². The van der Waals surface area contributed by atoms with Crippen molar-refractivity contribution >= 4 is 18.9 Å². The van der Waals surface area contributed by atoms with E-state index >= 15 is 0 Å². The molecule has 0 aliphatic heterocycles. The number of aromatic nitrogens is 1. The van der Waals surface area contributed by atoms with Gasteiger partial charge in [-0.05, 0) is 30.7 Å². The molecule has 0 aliphatic carbocycles. The number of carbonyl (C=O) groups is 2. The topological polar surface area (TPSA) is 75.8 Å². The first-order valence-electron chi connectivity index (χ1n) is 6.64. The van der Waals surface area contributed by atoms with Gasteiger partial charge in [0.2, 0.25) is 6.41 Å². The van der Waals surface area contributed by atoms with Crippen LogP contribution < -0.4 is 10.8 Å². The molecule has 2 aromatic rings. The number of nitrogens with zero attached hydrogens (tertiary/aromatic N) is 3. The van der Waals surface area contributed by atoms with E-state index in [1.807, 2.05) is 24.3 Å². The molecule has 0 aliphatic rings. The number of hydrogen-bond donors (Lipinski definition) is 1. The molecule has 0 radical (unpaired) electrons. The summed E-state index contributed by atoms with van der Waals surface area (Å²) in [6.45, 7) is 5.21. The van der Waals surface area contributed by atoms with Crippen molar-refractivity contribution in [3.8, 4) is 11.1 Å². The molecule has 1 N–H and O–H groups in total. The normalized spacial score (nSPS) is 11.0. The maximum atomic E-state index is 11.5. The Labute approximate surface area is 127 Å². The van der Waals surface area contributed by atoms with Crippen LogP contribution >= 0.6 is 0 Å². The van der Waals surface area contributed by atoms with Crippen molar-refractivity contribution in [3.05, 3.63) is 53.6 Å². The largest absolute Gasteiger partial charge is 0.339 e. The van der Waals surface area contributed by atoms with Crippen LogP contribution in [0, 0.1) is 0 Å². The summed E-state index contributed by atoms with van der Waals surface area (Å²) in [5, 5.41) is 6.34. The Morgan fingerprint density at radius 2 is 2.14 bits per heavy atom. The second-order valence-corrected chi connectivity index (χ2v) is 4.54. The van der Waals surface area contributed by atoms with E-state index in [0.29, 0.717) is 17.5 Å². The number of carbonyl (C=O) groups excluding carboxylic acids is 2. The van der Waals surface area contributed by atoms with E-state index in [1.165, 1.54) is 11.6 Å². The number of Topliss-reactive ketones (excluding diaryl/α,β-unsaturated/α-hetero) is 1. The highest BCUT2D eigenvalue weighted by Crippen LogP contribution is 2.19. The Morgan fingerprint density at radius 3 is 2.82 bits per heavy atom. The Bertz CT molecular complexity index is 778. The third-order valence-corrected chi connectivity index (χ3v) is 3.08. The minimum atomic E-state index is 0.0168. The summed E-state index contributed by atoms with van der Waals surface area (Å²) in [5.74, 6) is 0.0168. The lowest BCUT2D eigenvalue weighted by Gasteiger charge is -2.07. The summed E-state index contributed by atoms with van der Waals surface area (Å²) in [4.78, 5) is 25.9. The number of benzene rings is 1. The molecule has 0 bridgehead atoms. The number of rotatable bonds is 6. The fourth-order valence-corrected chi connectivity index (χ4v) is 1.97. The Hall–Kier alpha value is -3.02. The number of pyridine rings is 1. The molecular weight excluding hydrogens is 280 g/mol. The molecule has 1 heterocycles. The van der Waals surface area contributed by atoms with Crippen molar-refractivity contribution in [3.63, 3.8) is 0 Å². The molecule has 112 valence electrons. The maximum Gasteiger partial charge on any atom is 0.208 e. The van der Waals surface area contributed by atoms with Crippen LogP contribution in [0.25, 0.3) is 11.1 Å². The van der Waals surface area contributed by atoms with Crippen molar-refractivity contribution in [1.82, 2.24) is 9.99 Å². The molecule has 0 spiro atoms. The number of hydrogen-bond acceptors (Lipinski definition) is 4. The highest BCUT2D eigenvalue weighted by atomic mass is 16.1. The minimum absolute atomic E-state index is 0.0168. The lowest BCUT2D eigenvalue weighted by Crippen LogP contribution is -2.20. The fraction of sp³-hybridized carbons (Fsp3) is 0.125. The van der Waals surface area contributed by atoms with Gasteiger partial charge in [0.25, 0.3) is 0 Å². The quantitative estimate of drug-likeness (QED) is 0.379. The van der Waals surface area contributed by atoms with Crippen LogP contribution in [0.1, 0.15) is 17.3 Å². The van der Waals surface area contributed by atoms with Crippen molar-refractivity contribution in [1.29, 1.82) is 0 Å². The van der Waals surface area contributed by atoms with Gasteiger partial charge in [-0.15, -0.1) is 0 Å². The summed E-state index contributed by atoms with van der Waals surface area (Å²) in [7, 11) is 0. The number of nitrogens with one attached hydrogen (secondary N) is 1. The first kappa shape index (κ1) is 15.4. The minimum Gasteiger partial charge on any atom is -0.339 e. The van der Waals surface area contributed by atoms with Gasteiger partial charge in [-0.2, -0.15) is 5.10 Å². The lowest BCUT2D eigenvalue weighted by molar-refractivity contribution is -0.109. The monoisotopic (exact) mass is 296 g/mol. The summed E-state index contributed by atoms with van der Waals surface area (Å²) in [6, 6.07) is 11.0. The second-order valence-electron chi connectivity index (χ2n) is 4.54. The van der Waals surface area contributed by atoms with Gasteiger partial charge >= 0.3 is 0 Å². The van der Waals surface area contributed by atoms with E-state index in [4.69, 9.17) is 0 Å². The van der Waals surface area contributed by atoms with Gasteiger partial charge in [0.15, 0.2) is 11.3 Å². The van der Waals surface area contributed by atoms with Gasteiger partial charge in [0, 0.05) is 24.0 Å². The van der Waals surface area contributed by atoms with Crippen molar-refractivity contribution in [2.24, 2.45) is 10.1 Å². The van der Waals surface area contributed by atoms with E-state index in [0.717, 1.165) is 11.1 Å². The van der Waals surface area contributed by atoms with Crippen LogP contribution in [0.4, 0.5) is 0 Å². The predicted octanol–water partition coefficient (Wildman–Crippen LogP) is 1.43. The molecule has 6 heteroatoms. The molecule has 1 aromatic carbocycles. The standard InChI is InChI=1S/C16H16N4O2/c1-12(22)13-4-3-5-14(8-13)15-6-7-16(19-10-18-11-21)20(9-15)17-2/h3-9,11H,2,10H2,1H3,(H,18,21)/b19-16-. The fourth-order valence-electron chi connectivity index (χ4n) is 1.97. The van der Waals surface area contributed by atoms with E-state index in [2.05, 4.69) is 22.1 Å². The Morgan fingerprint density at radius 1 is 1.32 bits per heavy atom. The Kier molecular flexibility index (Phi) is 4.98. The van der Waals surface area contributed by atoms with E-state index in [-0.39, 0.29) is 12.5 Å². The molecule has 0 atom stereocenters. The van der Waals surface area contributed by atoms with Gasteiger partial charge in [-0.25, -0.2) is 9.67 Å². The first-order chi connectivity index (χ1) is 10.7. The van der Waals surface area contributed by atoms with Crippen molar-refractivity contribution < 1.29 is 9.59 Å². The average molecular weight is 296 g/mol. The van der Waals surface area contributed by atoms with Crippen molar-refractivity contribution in [2.75, 3.05) is 6.67 Å². The summed E-state index contributed by atoms with van der Waals surface area (Å²) in [5.41, 5.74) is 3.01. The third-order valence-electron chi connectivity index (χ3n) is 3.08. The zero-order chi connectivity index (χ0) is 15.9. The molecule has 6 nitrogen and oxygen atoms in total. The van der Waals surface area contributed by atoms with E-state index in [9.17, 15) is 9.59 Å². The number of ketones is 1. The highest BCUT2D eigenvalue weighted by Gasteiger charge is 2.04. The predicted molar refractivity (Wildman–Crippen MR) is 84.4 cm³/mol. The van der Waals surface area contributed by atoms with Crippen molar-refractivity contribution in [2.45, 2.75) is 6.92 Å². The van der Waals surface area contributed by atoms with Gasteiger partial charge in [0.1, 0.15) is 6.67 Å². The zero-order valence-electron chi connectivity index (χ0n) is 12.2. The van der Waals surface area contributed by atoms with E-state index in [1.54, 1.807) is 18.3 Å².